The third kappa shape index (κ3) is 7.58. The zero-order valence-corrected chi connectivity index (χ0v) is 18.9. The van der Waals surface area contributed by atoms with Gasteiger partial charge < -0.3 is 20.5 Å². The van der Waals surface area contributed by atoms with Crippen LogP contribution in [0, 0.1) is 0 Å². The standard InChI is InChI=1S/C19H28N6O.HI/c1-19(2,3)24-17(26)12-22-18(20-4)25(5)13-16-21-11-15(23-16)14-9-7-6-8-10-14;/h6-11H,12-13H2,1-5H3,(H,20,22)(H,21,23)(H,24,26);1H. The van der Waals surface area contributed by atoms with Crippen molar-refractivity contribution in [3.05, 3.63) is 42.4 Å². The molecule has 0 atom stereocenters. The predicted molar refractivity (Wildman–Crippen MR) is 120 cm³/mol. The van der Waals surface area contributed by atoms with Gasteiger partial charge in [0.05, 0.1) is 25.0 Å². The molecule has 0 aliphatic heterocycles. The number of carbonyl (C=O) groups excluding carboxylic acids is 1. The Morgan fingerprint density at radius 1 is 1.26 bits per heavy atom. The van der Waals surface area contributed by atoms with Gasteiger partial charge in [-0.3, -0.25) is 9.79 Å². The number of amides is 1. The molecule has 0 bridgehead atoms. The number of hydrogen-bond acceptors (Lipinski definition) is 3. The molecule has 2 aromatic rings. The first kappa shape index (κ1) is 22.9. The number of guanidine groups is 1. The molecule has 0 aliphatic carbocycles. The molecular formula is C19H29IN6O. The fourth-order valence-corrected chi connectivity index (χ4v) is 2.51. The molecule has 0 aliphatic rings. The van der Waals surface area contributed by atoms with Crippen molar-refractivity contribution in [2.24, 2.45) is 4.99 Å². The van der Waals surface area contributed by atoms with Gasteiger partial charge in [-0.15, -0.1) is 24.0 Å². The fraction of sp³-hybridized carbons (Fsp3) is 0.421. The maximum absolute atomic E-state index is 12.0. The molecule has 1 aromatic heterocycles. The van der Waals surface area contributed by atoms with Gasteiger partial charge in [-0.25, -0.2) is 4.98 Å². The minimum Gasteiger partial charge on any atom is -0.350 e. The highest BCUT2D eigenvalue weighted by molar-refractivity contribution is 14.0. The lowest BCUT2D eigenvalue weighted by atomic mass is 10.1. The normalized spacial score (nSPS) is 11.5. The Morgan fingerprint density at radius 3 is 2.52 bits per heavy atom. The average molecular weight is 484 g/mol. The summed E-state index contributed by atoms with van der Waals surface area (Å²) in [5, 5.41) is 5.99. The molecule has 0 radical (unpaired) electrons. The van der Waals surface area contributed by atoms with E-state index in [1.165, 1.54) is 0 Å². The van der Waals surface area contributed by atoms with Crippen LogP contribution in [-0.2, 0) is 11.3 Å². The molecule has 0 spiro atoms. The van der Waals surface area contributed by atoms with E-state index in [-0.39, 0.29) is 42.0 Å². The Morgan fingerprint density at radius 2 is 1.93 bits per heavy atom. The van der Waals surface area contributed by atoms with E-state index in [1.807, 2.05) is 69.2 Å². The lowest BCUT2D eigenvalue weighted by Crippen LogP contribution is -2.48. The van der Waals surface area contributed by atoms with Gasteiger partial charge in [-0.1, -0.05) is 30.3 Å². The molecule has 0 saturated carbocycles. The molecule has 1 aromatic carbocycles. The highest BCUT2D eigenvalue weighted by Crippen LogP contribution is 2.16. The number of imidazole rings is 1. The lowest BCUT2D eigenvalue weighted by molar-refractivity contribution is -0.121. The van der Waals surface area contributed by atoms with Crippen molar-refractivity contribution in [1.29, 1.82) is 0 Å². The van der Waals surface area contributed by atoms with Gasteiger partial charge in [0.2, 0.25) is 5.91 Å². The molecule has 7 nitrogen and oxygen atoms in total. The maximum Gasteiger partial charge on any atom is 0.239 e. The molecule has 2 rings (SSSR count). The van der Waals surface area contributed by atoms with Crippen molar-refractivity contribution < 1.29 is 4.79 Å². The quantitative estimate of drug-likeness (QED) is 0.346. The highest BCUT2D eigenvalue weighted by atomic mass is 127. The molecule has 0 unspecified atom stereocenters. The first-order valence-electron chi connectivity index (χ1n) is 8.60. The largest absolute Gasteiger partial charge is 0.350 e. The van der Waals surface area contributed by atoms with Crippen molar-refractivity contribution in [3.8, 4) is 11.3 Å². The number of benzene rings is 1. The fourth-order valence-electron chi connectivity index (χ4n) is 2.51. The molecule has 0 fully saturated rings. The minimum atomic E-state index is -0.254. The second kappa shape index (κ2) is 10.3. The number of aliphatic imine (C=N–C) groups is 1. The summed E-state index contributed by atoms with van der Waals surface area (Å²) >= 11 is 0. The summed E-state index contributed by atoms with van der Waals surface area (Å²) in [7, 11) is 3.60. The summed E-state index contributed by atoms with van der Waals surface area (Å²) in [6.07, 6.45) is 1.82. The molecule has 0 saturated heterocycles. The summed E-state index contributed by atoms with van der Waals surface area (Å²) in [6, 6.07) is 10.1. The van der Waals surface area contributed by atoms with E-state index < -0.39 is 0 Å². The topological polar surface area (TPSA) is 85.4 Å². The van der Waals surface area contributed by atoms with Crippen molar-refractivity contribution in [1.82, 2.24) is 25.5 Å². The summed E-state index contributed by atoms with van der Waals surface area (Å²) < 4.78 is 0. The van der Waals surface area contributed by atoms with Gasteiger partial charge in [0.15, 0.2) is 5.96 Å². The van der Waals surface area contributed by atoms with Crippen LogP contribution >= 0.6 is 24.0 Å². The smallest absolute Gasteiger partial charge is 0.239 e. The van der Waals surface area contributed by atoms with Gasteiger partial charge in [0.1, 0.15) is 5.82 Å². The van der Waals surface area contributed by atoms with Crippen LogP contribution in [0.4, 0.5) is 0 Å². The van der Waals surface area contributed by atoms with E-state index in [9.17, 15) is 4.79 Å². The third-order valence-electron chi connectivity index (χ3n) is 3.60. The summed E-state index contributed by atoms with van der Waals surface area (Å²) in [5.41, 5.74) is 1.81. The number of rotatable bonds is 5. The molecule has 1 amide bonds. The molecule has 148 valence electrons. The van der Waals surface area contributed by atoms with Gasteiger partial charge in [0.25, 0.3) is 0 Å². The van der Waals surface area contributed by atoms with E-state index in [2.05, 4.69) is 25.6 Å². The average Bonchev–Trinajstić information content (AvgIpc) is 3.03. The lowest BCUT2D eigenvalue weighted by Gasteiger charge is -2.23. The van der Waals surface area contributed by atoms with Crippen LogP contribution in [0.25, 0.3) is 11.3 Å². The van der Waals surface area contributed by atoms with E-state index in [4.69, 9.17) is 0 Å². The summed E-state index contributed by atoms with van der Waals surface area (Å²) in [6.45, 7) is 6.57. The van der Waals surface area contributed by atoms with E-state index in [1.54, 1.807) is 7.05 Å². The number of nitrogens with one attached hydrogen (secondary N) is 3. The summed E-state index contributed by atoms with van der Waals surface area (Å²) in [4.78, 5) is 25.9. The van der Waals surface area contributed by atoms with Crippen molar-refractivity contribution in [2.45, 2.75) is 32.9 Å². The Balaban J connectivity index is 0.00000364. The molecule has 3 N–H and O–H groups in total. The SMILES string of the molecule is CN=C(NCC(=O)NC(C)(C)C)N(C)Cc1ncc(-c2ccccc2)[nH]1.I. The number of nitrogens with zero attached hydrogens (tertiary/aromatic N) is 3. The van der Waals surface area contributed by atoms with E-state index in [0.29, 0.717) is 12.5 Å². The van der Waals surface area contributed by atoms with Gasteiger partial charge >= 0.3 is 0 Å². The van der Waals surface area contributed by atoms with Crippen molar-refractivity contribution >= 4 is 35.8 Å². The second-order valence-corrected chi connectivity index (χ2v) is 7.16. The van der Waals surface area contributed by atoms with Crippen molar-refractivity contribution in [3.63, 3.8) is 0 Å². The molecule has 27 heavy (non-hydrogen) atoms. The maximum atomic E-state index is 12.0. The van der Waals surface area contributed by atoms with Gasteiger partial charge in [0, 0.05) is 19.6 Å². The van der Waals surface area contributed by atoms with Crippen LogP contribution in [0.2, 0.25) is 0 Å². The van der Waals surface area contributed by atoms with Crippen molar-refractivity contribution in [2.75, 3.05) is 20.6 Å². The third-order valence-corrected chi connectivity index (χ3v) is 3.60. The number of aromatic amines is 1. The summed E-state index contributed by atoms with van der Waals surface area (Å²) in [5.74, 6) is 1.39. The molecule has 8 heteroatoms. The number of aromatic nitrogens is 2. The Hall–Kier alpha value is -2.10. The number of carbonyl (C=O) groups is 1. The predicted octanol–water partition coefficient (Wildman–Crippen LogP) is 2.62. The highest BCUT2D eigenvalue weighted by Gasteiger charge is 2.15. The van der Waals surface area contributed by atoms with Gasteiger partial charge in [-0.2, -0.15) is 0 Å². The van der Waals surface area contributed by atoms with Crippen LogP contribution in [0.1, 0.15) is 26.6 Å². The number of H-pyrrole nitrogens is 1. The van der Waals surface area contributed by atoms with Crippen LogP contribution in [0.15, 0.2) is 41.5 Å². The van der Waals surface area contributed by atoms with Crippen LogP contribution in [0.5, 0.6) is 0 Å². The Kier molecular flexibility index (Phi) is 8.74. The monoisotopic (exact) mass is 484 g/mol. The van der Waals surface area contributed by atoms with Crippen LogP contribution < -0.4 is 10.6 Å². The minimum absolute atomic E-state index is 0. The Bertz CT molecular complexity index is 751. The number of hydrogen-bond donors (Lipinski definition) is 3. The zero-order chi connectivity index (χ0) is 19.2. The van der Waals surface area contributed by atoms with E-state index >= 15 is 0 Å². The molecular weight excluding hydrogens is 455 g/mol. The van der Waals surface area contributed by atoms with Crippen LogP contribution in [-0.4, -0.2) is 52.9 Å². The first-order valence-corrected chi connectivity index (χ1v) is 8.60. The second-order valence-electron chi connectivity index (χ2n) is 7.16. The van der Waals surface area contributed by atoms with Crippen LogP contribution in [0.3, 0.4) is 0 Å². The zero-order valence-electron chi connectivity index (χ0n) is 16.5. The molecule has 1 heterocycles. The Labute approximate surface area is 178 Å². The number of halogens is 1. The van der Waals surface area contributed by atoms with Gasteiger partial charge in [-0.05, 0) is 26.3 Å². The van der Waals surface area contributed by atoms with E-state index in [0.717, 1.165) is 17.1 Å². The first-order chi connectivity index (χ1) is 12.3.